The van der Waals surface area contributed by atoms with E-state index in [1.165, 1.54) is 0 Å². The van der Waals surface area contributed by atoms with E-state index in [1.807, 2.05) is 20.2 Å². The van der Waals surface area contributed by atoms with Crippen LogP contribution in [-0.4, -0.2) is 73.2 Å². The van der Waals surface area contributed by atoms with Gasteiger partial charge < -0.3 is 30.3 Å². The number of ether oxygens (including phenoxy) is 2. The number of hydrogen-bond donors (Lipinski definition) is 3. The molecular weight excluding hydrogens is 424 g/mol. The number of hydrogen-bond acceptors (Lipinski definition) is 7. The maximum Gasteiger partial charge on any atom is 0.223 e. The number of anilines is 2. The molecule has 32 heavy (non-hydrogen) atoms. The van der Waals surface area contributed by atoms with Gasteiger partial charge in [0.15, 0.2) is 5.11 Å². The molecule has 0 radical (unpaired) electrons. The number of thiocarbonyl (C=S) groups is 1. The Morgan fingerprint density at radius 3 is 2.47 bits per heavy atom. The first-order chi connectivity index (χ1) is 15.4. The summed E-state index contributed by atoms with van der Waals surface area (Å²) in [5, 5.41) is 10.6. The fourth-order valence-corrected chi connectivity index (χ4v) is 4.18. The van der Waals surface area contributed by atoms with Crippen molar-refractivity contribution in [3.63, 3.8) is 0 Å². The average Bonchev–Trinajstić information content (AvgIpc) is 3.36. The highest BCUT2D eigenvalue weighted by Crippen LogP contribution is 2.29. The van der Waals surface area contributed by atoms with Crippen LogP contribution in [0.25, 0.3) is 11.3 Å². The molecule has 0 amide bonds. The van der Waals surface area contributed by atoms with Crippen molar-refractivity contribution in [1.82, 2.24) is 20.6 Å². The number of aromatic nitrogens is 2. The van der Waals surface area contributed by atoms with Crippen LogP contribution in [0.2, 0.25) is 0 Å². The summed E-state index contributed by atoms with van der Waals surface area (Å²) in [7, 11) is 4.05. The van der Waals surface area contributed by atoms with Crippen molar-refractivity contribution >= 4 is 29.0 Å². The van der Waals surface area contributed by atoms with Gasteiger partial charge in [-0.15, -0.1) is 0 Å². The van der Waals surface area contributed by atoms with Crippen LogP contribution < -0.4 is 20.9 Å². The van der Waals surface area contributed by atoms with Crippen molar-refractivity contribution in [2.75, 3.05) is 44.1 Å². The molecule has 2 saturated heterocycles. The standard InChI is InChI=1S/C23H32N6O2S/c1-14(2)11-25-23(32)28-19-13-31-20-18(12-30-21(19)20)27-22-24-10-9-17(26-22)15-5-7-16(8-6-15)29(3)4/h5-10,14,18-21H,11-13H2,1-4H3,(H,24,26,27)(H2,25,28,32)/t18-,19-,20+,21+/m0/s1. The van der Waals surface area contributed by atoms with Gasteiger partial charge in [-0.3, -0.25) is 0 Å². The van der Waals surface area contributed by atoms with Crippen LogP contribution in [-0.2, 0) is 9.47 Å². The maximum absolute atomic E-state index is 6.05. The SMILES string of the molecule is CC(C)CNC(=S)N[C@H]1CO[C@H]2[C@@H]1OC[C@@H]2Nc1nccc(-c2ccc(N(C)C)cc2)n1. The van der Waals surface area contributed by atoms with Crippen molar-refractivity contribution in [3.05, 3.63) is 36.5 Å². The van der Waals surface area contributed by atoms with Crippen molar-refractivity contribution in [2.24, 2.45) is 5.92 Å². The molecule has 172 valence electrons. The molecule has 8 nitrogen and oxygen atoms in total. The monoisotopic (exact) mass is 456 g/mol. The minimum Gasteiger partial charge on any atom is -0.378 e. The molecule has 3 heterocycles. The third-order valence-corrected chi connectivity index (χ3v) is 5.95. The summed E-state index contributed by atoms with van der Waals surface area (Å²) in [5.74, 6) is 1.10. The largest absolute Gasteiger partial charge is 0.378 e. The average molecular weight is 457 g/mol. The second kappa shape index (κ2) is 9.97. The van der Waals surface area contributed by atoms with Gasteiger partial charge >= 0.3 is 0 Å². The molecule has 2 fully saturated rings. The Balaban J connectivity index is 1.36. The Morgan fingerprint density at radius 1 is 1.09 bits per heavy atom. The molecule has 4 atom stereocenters. The van der Waals surface area contributed by atoms with Crippen LogP contribution >= 0.6 is 12.2 Å². The Labute approximate surface area is 195 Å². The lowest BCUT2D eigenvalue weighted by molar-refractivity contribution is 0.0688. The Hall–Kier alpha value is -2.49. The van der Waals surface area contributed by atoms with E-state index in [0.717, 1.165) is 23.5 Å². The first kappa shape index (κ1) is 22.7. The summed E-state index contributed by atoms with van der Waals surface area (Å²) in [6.45, 7) is 6.22. The molecule has 1 aromatic carbocycles. The number of nitrogens with one attached hydrogen (secondary N) is 3. The van der Waals surface area contributed by atoms with Crippen LogP contribution in [0.4, 0.5) is 11.6 Å². The van der Waals surface area contributed by atoms with E-state index >= 15 is 0 Å². The van der Waals surface area contributed by atoms with Crippen molar-refractivity contribution in [2.45, 2.75) is 38.1 Å². The molecule has 2 aromatic rings. The zero-order valence-corrected chi connectivity index (χ0v) is 19.9. The predicted octanol–water partition coefficient (Wildman–Crippen LogP) is 2.28. The Bertz CT molecular complexity index is 923. The fourth-order valence-electron chi connectivity index (χ4n) is 3.95. The first-order valence-electron chi connectivity index (χ1n) is 11.1. The number of rotatable bonds is 7. The normalized spacial score (nSPS) is 24.3. The molecule has 2 aliphatic heterocycles. The van der Waals surface area contributed by atoms with Crippen LogP contribution in [0.1, 0.15) is 13.8 Å². The van der Waals surface area contributed by atoms with E-state index in [0.29, 0.717) is 30.2 Å². The topological polar surface area (TPSA) is 83.6 Å². The second-order valence-corrected chi connectivity index (χ2v) is 9.32. The number of nitrogens with zero attached hydrogens (tertiary/aromatic N) is 3. The lowest BCUT2D eigenvalue weighted by Crippen LogP contribution is -2.49. The van der Waals surface area contributed by atoms with Crippen LogP contribution in [0.15, 0.2) is 36.5 Å². The lowest BCUT2D eigenvalue weighted by atomic mass is 10.1. The minimum absolute atomic E-state index is 0.0182. The Kier molecular flexibility index (Phi) is 7.07. The zero-order chi connectivity index (χ0) is 22.7. The molecule has 0 unspecified atom stereocenters. The third kappa shape index (κ3) is 5.28. The van der Waals surface area contributed by atoms with Gasteiger partial charge in [0.1, 0.15) is 12.2 Å². The molecule has 0 aliphatic carbocycles. The molecule has 9 heteroatoms. The molecule has 0 spiro atoms. The van der Waals surface area contributed by atoms with Crippen molar-refractivity contribution < 1.29 is 9.47 Å². The fraction of sp³-hybridized carbons (Fsp3) is 0.522. The highest BCUT2D eigenvalue weighted by molar-refractivity contribution is 7.80. The summed E-state index contributed by atoms with van der Waals surface area (Å²) in [5.41, 5.74) is 3.07. The van der Waals surface area contributed by atoms with Crippen LogP contribution in [0.3, 0.4) is 0 Å². The van der Waals surface area contributed by atoms with Gasteiger partial charge in [0.25, 0.3) is 0 Å². The van der Waals surface area contributed by atoms with E-state index in [4.69, 9.17) is 26.7 Å². The third-order valence-electron chi connectivity index (χ3n) is 5.69. The van der Waals surface area contributed by atoms with Gasteiger partial charge in [-0.25, -0.2) is 9.97 Å². The van der Waals surface area contributed by atoms with Gasteiger partial charge in [-0.1, -0.05) is 26.0 Å². The highest BCUT2D eigenvalue weighted by atomic mass is 32.1. The molecule has 3 N–H and O–H groups in total. The maximum atomic E-state index is 6.05. The van der Waals surface area contributed by atoms with Gasteiger partial charge in [0.05, 0.1) is 31.0 Å². The molecule has 0 saturated carbocycles. The second-order valence-electron chi connectivity index (χ2n) is 8.91. The summed E-state index contributed by atoms with van der Waals surface area (Å²) < 4.78 is 12.1. The van der Waals surface area contributed by atoms with E-state index in [2.05, 4.69) is 63.9 Å². The minimum atomic E-state index is -0.0768. The van der Waals surface area contributed by atoms with Gasteiger partial charge in [0, 0.05) is 38.1 Å². The van der Waals surface area contributed by atoms with Gasteiger partial charge in [0.2, 0.25) is 5.95 Å². The van der Waals surface area contributed by atoms with E-state index in [9.17, 15) is 0 Å². The molecule has 2 aliphatic rings. The van der Waals surface area contributed by atoms with E-state index in [1.54, 1.807) is 6.20 Å². The quantitative estimate of drug-likeness (QED) is 0.544. The summed E-state index contributed by atoms with van der Waals surface area (Å²) >= 11 is 5.41. The zero-order valence-electron chi connectivity index (χ0n) is 19.0. The molecule has 1 aromatic heterocycles. The summed E-state index contributed by atoms with van der Waals surface area (Å²) in [4.78, 5) is 11.2. The predicted molar refractivity (Wildman–Crippen MR) is 131 cm³/mol. The van der Waals surface area contributed by atoms with Crippen molar-refractivity contribution in [1.29, 1.82) is 0 Å². The first-order valence-corrected chi connectivity index (χ1v) is 11.5. The van der Waals surface area contributed by atoms with Gasteiger partial charge in [-0.05, 0) is 36.3 Å². The molecule has 0 bridgehead atoms. The smallest absolute Gasteiger partial charge is 0.223 e. The van der Waals surface area contributed by atoms with E-state index < -0.39 is 0 Å². The number of fused-ring (bicyclic) bond motifs is 1. The van der Waals surface area contributed by atoms with E-state index in [-0.39, 0.29) is 24.3 Å². The van der Waals surface area contributed by atoms with Crippen molar-refractivity contribution in [3.8, 4) is 11.3 Å². The molecule has 4 rings (SSSR count). The van der Waals surface area contributed by atoms with Gasteiger partial charge in [-0.2, -0.15) is 0 Å². The lowest BCUT2D eigenvalue weighted by Gasteiger charge is -2.20. The number of benzene rings is 1. The van der Waals surface area contributed by atoms with Crippen LogP contribution in [0.5, 0.6) is 0 Å². The highest BCUT2D eigenvalue weighted by Gasteiger charge is 2.48. The Morgan fingerprint density at radius 2 is 1.78 bits per heavy atom. The molecular formula is C23H32N6O2S. The summed E-state index contributed by atoms with van der Waals surface area (Å²) in [6.07, 6.45) is 1.64. The van der Waals surface area contributed by atoms with Crippen LogP contribution in [0, 0.1) is 5.92 Å². The summed E-state index contributed by atoms with van der Waals surface area (Å²) in [6, 6.07) is 10.2.